The molecule has 1 N–H and O–H groups in total. The average molecular weight is 447 g/mol. The van der Waals surface area contributed by atoms with Gasteiger partial charge in [-0.15, -0.1) is 0 Å². The Balaban J connectivity index is 2.67. The van der Waals surface area contributed by atoms with Crippen molar-refractivity contribution in [2.24, 2.45) is 12.1 Å². The number of benzene rings is 1. The summed E-state index contributed by atoms with van der Waals surface area (Å²) in [6.45, 7) is 0.626. The summed E-state index contributed by atoms with van der Waals surface area (Å²) in [5.74, 6) is -1.28. The maximum Gasteiger partial charge on any atom is 0.431 e. The van der Waals surface area contributed by atoms with Crippen LogP contribution in [0, 0.1) is 5.82 Å². The van der Waals surface area contributed by atoms with Crippen LogP contribution in [0.1, 0.15) is 12.6 Å². The molecule has 0 fully saturated rings. The van der Waals surface area contributed by atoms with Gasteiger partial charge in [-0.3, -0.25) is 14.8 Å². The largest absolute Gasteiger partial charge is 0.431 e. The summed E-state index contributed by atoms with van der Waals surface area (Å²) in [5.41, 5.74) is -5.29. The number of alkyl halides is 6. The third kappa shape index (κ3) is 4.60. The van der Waals surface area contributed by atoms with E-state index in [-0.39, 0.29) is 15.2 Å². The summed E-state index contributed by atoms with van der Waals surface area (Å²) in [7, 11) is 0.713. The van der Waals surface area contributed by atoms with Crippen molar-refractivity contribution in [3.05, 3.63) is 55.6 Å². The van der Waals surface area contributed by atoms with E-state index < -0.39 is 57.2 Å². The molecule has 1 aromatic heterocycles. The van der Waals surface area contributed by atoms with Gasteiger partial charge in [0.25, 0.3) is 5.56 Å². The third-order valence-electron chi connectivity index (χ3n) is 3.64. The van der Waals surface area contributed by atoms with Gasteiger partial charge in [-0.05, 0) is 19.1 Å². The Labute approximate surface area is 161 Å². The average Bonchev–Trinajstić information content (AvgIpc) is 2.56. The molecule has 0 bridgehead atoms. The third-order valence-corrected chi connectivity index (χ3v) is 3.96. The highest BCUT2D eigenvalue weighted by molar-refractivity contribution is 6.33. The van der Waals surface area contributed by atoms with E-state index in [1.54, 1.807) is 0 Å². The van der Waals surface area contributed by atoms with Gasteiger partial charge in [-0.2, -0.15) is 31.4 Å². The second-order valence-electron chi connectivity index (χ2n) is 5.63. The first-order valence-electron chi connectivity index (χ1n) is 7.41. The molecule has 0 unspecified atom stereocenters. The van der Waals surface area contributed by atoms with Crippen LogP contribution in [-0.4, -0.2) is 21.0 Å². The SMILES string of the molecule is C/C(=N/Nc1cc(-n2c(=O)cc(C(F)(F)F)n(C)c2=O)c(F)cc1Cl)C(F)(F)F. The number of hydrogen-bond acceptors (Lipinski definition) is 4. The first-order valence-corrected chi connectivity index (χ1v) is 7.79. The topological polar surface area (TPSA) is 68.4 Å². The van der Waals surface area contributed by atoms with E-state index in [1.807, 2.05) is 5.43 Å². The van der Waals surface area contributed by atoms with Crippen LogP contribution in [0.15, 0.2) is 32.9 Å². The zero-order valence-electron chi connectivity index (χ0n) is 14.4. The fraction of sp³-hybridized carbons (Fsp3) is 0.267. The first kappa shape index (κ1) is 22.5. The van der Waals surface area contributed by atoms with E-state index in [9.17, 15) is 40.3 Å². The molecule has 0 amide bonds. The van der Waals surface area contributed by atoms with Crippen LogP contribution >= 0.6 is 11.6 Å². The molecule has 6 nitrogen and oxygen atoms in total. The second-order valence-corrected chi connectivity index (χ2v) is 6.04. The van der Waals surface area contributed by atoms with Crippen LogP contribution in [0.2, 0.25) is 5.02 Å². The zero-order valence-corrected chi connectivity index (χ0v) is 15.2. The van der Waals surface area contributed by atoms with Gasteiger partial charge in [0.15, 0.2) is 0 Å². The highest BCUT2D eigenvalue weighted by Gasteiger charge is 2.35. The van der Waals surface area contributed by atoms with Gasteiger partial charge in [0.1, 0.15) is 17.2 Å². The van der Waals surface area contributed by atoms with Crippen molar-refractivity contribution >= 4 is 23.0 Å². The van der Waals surface area contributed by atoms with Gasteiger partial charge >= 0.3 is 18.0 Å². The molecule has 0 saturated heterocycles. The number of rotatable bonds is 3. The summed E-state index contributed by atoms with van der Waals surface area (Å²) in [6.07, 6.45) is -9.80. The Morgan fingerprint density at radius 3 is 2.21 bits per heavy atom. The molecule has 0 spiro atoms. The second kappa shape index (κ2) is 7.54. The normalized spacial score (nSPS) is 13.0. The smallest absolute Gasteiger partial charge is 0.292 e. The lowest BCUT2D eigenvalue weighted by molar-refractivity contribution is -0.144. The van der Waals surface area contributed by atoms with Gasteiger partial charge < -0.3 is 0 Å². The van der Waals surface area contributed by atoms with Crippen LogP contribution in [0.4, 0.5) is 36.4 Å². The Hall–Kier alpha value is -2.83. The number of hydrogen-bond donors (Lipinski definition) is 1. The van der Waals surface area contributed by atoms with E-state index in [2.05, 4.69) is 5.10 Å². The van der Waals surface area contributed by atoms with Gasteiger partial charge in [0, 0.05) is 13.1 Å². The molecule has 1 heterocycles. The fourth-order valence-electron chi connectivity index (χ4n) is 2.12. The number of hydrazone groups is 1. The molecular weight excluding hydrogens is 437 g/mol. The van der Waals surface area contributed by atoms with Crippen molar-refractivity contribution in [3.63, 3.8) is 0 Å². The van der Waals surface area contributed by atoms with E-state index >= 15 is 0 Å². The van der Waals surface area contributed by atoms with Gasteiger partial charge in [0.05, 0.1) is 16.4 Å². The molecule has 29 heavy (non-hydrogen) atoms. The molecule has 0 aliphatic carbocycles. The number of halogens is 8. The molecule has 0 aliphatic rings. The van der Waals surface area contributed by atoms with Gasteiger partial charge in [-0.1, -0.05) is 11.6 Å². The standard InChI is InChI=1S/C15H10ClF7N4O2/c1-6(14(18,19)20)24-25-9-4-10(8(17)3-7(9)16)27-12(28)5-11(15(21,22)23)26(2)13(27)29/h3-5,25H,1-2H3/b24-6-. The molecular formula is C15H10ClF7N4O2. The molecule has 0 saturated carbocycles. The highest BCUT2D eigenvalue weighted by atomic mass is 35.5. The van der Waals surface area contributed by atoms with Crippen molar-refractivity contribution in [1.29, 1.82) is 0 Å². The van der Waals surface area contributed by atoms with E-state index in [4.69, 9.17) is 11.6 Å². The van der Waals surface area contributed by atoms with Crippen molar-refractivity contribution < 1.29 is 30.7 Å². The minimum atomic E-state index is -5.03. The monoisotopic (exact) mass is 446 g/mol. The Bertz CT molecular complexity index is 1100. The lowest BCUT2D eigenvalue weighted by atomic mass is 10.2. The van der Waals surface area contributed by atoms with Crippen molar-refractivity contribution in [2.45, 2.75) is 19.3 Å². The van der Waals surface area contributed by atoms with Crippen molar-refractivity contribution in [1.82, 2.24) is 9.13 Å². The van der Waals surface area contributed by atoms with Crippen LogP contribution in [0.5, 0.6) is 0 Å². The molecule has 2 rings (SSSR count). The number of nitrogens with zero attached hydrogens (tertiary/aromatic N) is 3. The molecule has 0 atom stereocenters. The van der Waals surface area contributed by atoms with Crippen LogP contribution in [0.25, 0.3) is 5.69 Å². The number of anilines is 1. The molecule has 0 aliphatic heterocycles. The summed E-state index contributed by atoms with van der Waals surface area (Å²) in [5, 5.41) is 2.56. The molecule has 2 aromatic rings. The lowest BCUT2D eigenvalue weighted by Crippen LogP contribution is -2.41. The summed E-state index contributed by atoms with van der Waals surface area (Å²) in [4.78, 5) is 24.3. The predicted molar refractivity (Wildman–Crippen MR) is 90.0 cm³/mol. The quantitative estimate of drug-likeness (QED) is 0.444. The highest BCUT2D eigenvalue weighted by Crippen LogP contribution is 2.29. The maximum absolute atomic E-state index is 14.3. The van der Waals surface area contributed by atoms with E-state index in [0.717, 1.165) is 0 Å². The van der Waals surface area contributed by atoms with Crippen molar-refractivity contribution in [3.8, 4) is 5.69 Å². The summed E-state index contributed by atoms with van der Waals surface area (Å²) in [6, 6.07) is 1.30. The van der Waals surface area contributed by atoms with Gasteiger partial charge in [0.2, 0.25) is 0 Å². The minimum absolute atomic E-state index is 0.0758. The van der Waals surface area contributed by atoms with Crippen LogP contribution < -0.4 is 16.7 Å². The van der Waals surface area contributed by atoms with Gasteiger partial charge in [-0.25, -0.2) is 13.8 Å². The molecule has 0 radical (unpaired) electrons. The van der Waals surface area contributed by atoms with Crippen molar-refractivity contribution in [2.75, 3.05) is 5.43 Å². The molecule has 14 heteroatoms. The predicted octanol–water partition coefficient (Wildman–Crippen LogP) is 3.70. The molecule has 158 valence electrons. The first-order chi connectivity index (χ1) is 13.1. The van der Waals surface area contributed by atoms with Crippen LogP contribution in [-0.2, 0) is 13.2 Å². The summed E-state index contributed by atoms with van der Waals surface area (Å²) >= 11 is 5.71. The fourth-order valence-corrected chi connectivity index (χ4v) is 2.31. The van der Waals surface area contributed by atoms with E-state index in [0.29, 0.717) is 26.1 Å². The maximum atomic E-state index is 14.3. The Morgan fingerprint density at radius 1 is 1.10 bits per heavy atom. The lowest BCUT2D eigenvalue weighted by Gasteiger charge is -2.15. The summed E-state index contributed by atoms with van der Waals surface area (Å²) < 4.78 is 90.6. The minimum Gasteiger partial charge on any atom is -0.292 e. The Kier molecular flexibility index (Phi) is 5.84. The van der Waals surface area contributed by atoms with E-state index in [1.165, 1.54) is 0 Å². The van der Waals surface area contributed by atoms with Crippen LogP contribution in [0.3, 0.4) is 0 Å². The number of nitrogens with one attached hydrogen (secondary N) is 1. The number of aromatic nitrogens is 2. The zero-order chi connectivity index (χ0) is 22.3. The Morgan fingerprint density at radius 2 is 1.69 bits per heavy atom. The molecule has 1 aromatic carbocycles.